The van der Waals surface area contributed by atoms with Gasteiger partial charge in [0.25, 0.3) is 11.8 Å². The number of benzene rings is 2. The zero-order valence-electron chi connectivity index (χ0n) is 16.7. The van der Waals surface area contributed by atoms with Crippen LogP contribution in [0.3, 0.4) is 0 Å². The molecule has 1 heterocycles. The highest BCUT2D eigenvalue weighted by molar-refractivity contribution is 9.10. The summed E-state index contributed by atoms with van der Waals surface area (Å²) in [6.07, 6.45) is 0.389. The quantitative estimate of drug-likeness (QED) is 0.351. The molecular formula is C22H20BrN3O5. The summed E-state index contributed by atoms with van der Waals surface area (Å²) < 4.78 is 6.00. The third-order valence-electron chi connectivity index (χ3n) is 4.40. The van der Waals surface area contributed by atoms with Crippen LogP contribution in [-0.4, -0.2) is 30.8 Å². The minimum atomic E-state index is -0.738. The second kappa shape index (κ2) is 10.0. The lowest BCUT2D eigenvalue weighted by Gasteiger charge is -2.08. The number of amides is 3. The summed E-state index contributed by atoms with van der Waals surface area (Å²) >= 11 is 3.34. The van der Waals surface area contributed by atoms with Gasteiger partial charge in [-0.2, -0.15) is 0 Å². The Hall–Kier alpha value is -3.46. The molecule has 3 aromatic rings. The molecule has 8 nitrogen and oxygen atoms in total. The van der Waals surface area contributed by atoms with Gasteiger partial charge in [-0.15, -0.1) is 0 Å². The Morgan fingerprint density at radius 3 is 2.35 bits per heavy atom. The Balaban J connectivity index is 1.63. The Morgan fingerprint density at radius 1 is 0.935 bits per heavy atom. The van der Waals surface area contributed by atoms with Gasteiger partial charge in [0.2, 0.25) is 5.91 Å². The fraction of sp³-hybridized carbons (Fsp3) is 0.182. The zero-order valence-corrected chi connectivity index (χ0v) is 18.2. The second-order valence-corrected chi connectivity index (χ2v) is 7.54. The van der Waals surface area contributed by atoms with Crippen molar-refractivity contribution >= 4 is 50.3 Å². The molecule has 0 aliphatic carbocycles. The fourth-order valence-electron chi connectivity index (χ4n) is 2.76. The van der Waals surface area contributed by atoms with Crippen LogP contribution in [0.25, 0.3) is 11.0 Å². The molecule has 3 amide bonds. The molecule has 0 fully saturated rings. The molecule has 3 N–H and O–H groups in total. The number of fused-ring (bicyclic) bond motifs is 1. The van der Waals surface area contributed by atoms with Crippen LogP contribution in [0.4, 0.5) is 5.69 Å². The predicted octanol–water partition coefficient (Wildman–Crippen LogP) is 3.06. The summed E-state index contributed by atoms with van der Waals surface area (Å²) in [6, 6.07) is 12.8. The van der Waals surface area contributed by atoms with Gasteiger partial charge in [-0.1, -0.05) is 22.9 Å². The summed E-state index contributed by atoms with van der Waals surface area (Å²) in [6.45, 7) is 2.40. The van der Waals surface area contributed by atoms with Crippen molar-refractivity contribution in [3.05, 3.63) is 74.6 Å². The average molecular weight is 486 g/mol. The Kier molecular flexibility index (Phi) is 7.19. The number of anilines is 1. The van der Waals surface area contributed by atoms with E-state index in [9.17, 15) is 19.2 Å². The SMILES string of the molecule is CCC(=O)NCCNC(=O)c1ccc(NC(=O)c2cc3cc(Br)ccc3oc2=O)cc1. The lowest BCUT2D eigenvalue weighted by atomic mass is 10.1. The molecule has 1 aromatic heterocycles. The first kappa shape index (κ1) is 22.2. The van der Waals surface area contributed by atoms with E-state index in [4.69, 9.17) is 4.42 Å². The van der Waals surface area contributed by atoms with Gasteiger partial charge in [-0.05, 0) is 48.5 Å². The standard InChI is InChI=1S/C22H20BrN3O5/c1-2-19(27)24-9-10-25-20(28)13-3-6-16(7-4-13)26-21(29)17-12-14-11-15(23)5-8-18(14)31-22(17)30/h3-8,11-12H,2,9-10H2,1H3,(H,24,27)(H,25,28)(H,26,29). The van der Waals surface area contributed by atoms with E-state index in [0.29, 0.717) is 41.7 Å². The highest BCUT2D eigenvalue weighted by atomic mass is 79.9. The van der Waals surface area contributed by atoms with Gasteiger partial charge >= 0.3 is 5.63 Å². The Morgan fingerprint density at radius 2 is 1.65 bits per heavy atom. The summed E-state index contributed by atoms with van der Waals surface area (Å²) in [7, 11) is 0. The van der Waals surface area contributed by atoms with Crippen LogP contribution < -0.4 is 21.6 Å². The molecule has 2 aromatic carbocycles. The lowest BCUT2D eigenvalue weighted by Crippen LogP contribution is -2.34. The van der Waals surface area contributed by atoms with Crippen molar-refractivity contribution in [2.75, 3.05) is 18.4 Å². The molecular weight excluding hydrogens is 466 g/mol. The van der Waals surface area contributed by atoms with Crippen molar-refractivity contribution in [1.29, 1.82) is 0 Å². The van der Waals surface area contributed by atoms with Crippen molar-refractivity contribution in [3.63, 3.8) is 0 Å². The van der Waals surface area contributed by atoms with Crippen molar-refractivity contribution in [3.8, 4) is 0 Å². The van der Waals surface area contributed by atoms with E-state index in [1.54, 1.807) is 49.4 Å². The molecule has 0 unspecified atom stereocenters. The highest BCUT2D eigenvalue weighted by Gasteiger charge is 2.15. The topological polar surface area (TPSA) is 118 Å². The fourth-order valence-corrected chi connectivity index (χ4v) is 3.14. The van der Waals surface area contributed by atoms with Crippen molar-refractivity contribution in [1.82, 2.24) is 10.6 Å². The van der Waals surface area contributed by atoms with E-state index in [1.807, 2.05) is 0 Å². The normalized spacial score (nSPS) is 10.5. The maximum Gasteiger partial charge on any atom is 0.349 e. The smallest absolute Gasteiger partial charge is 0.349 e. The van der Waals surface area contributed by atoms with Crippen LogP contribution in [-0.2, 0) is 4.79 Å². The molecule has 160 valence electrons. The van der Waals surface area contributed by atoms with Gasteiger partial charge in [0.1, 0.15) is 11.1 Å². The predicted molar refractivity (Wildman–Crippen MR) is 120 cm³/mol. The number of nitrogens with one attached hydrogen (secondary N) is 3. The minimum absolute atomic E-state index is 0.0811. The maximum atomic E-state index is 12.5. The van der Waals surface area contributed by atoms with Gasteiger partial charge < -0.3 is 20.4 Å². The largest absolute Gasteiger partial charge is 0.422 e. The minimum Gasteiger partial charge on any atom is -0.422 e. The van der Waals surface area contributed by atoms with Crippen molar-refractivity contribution < 1.29 is 18.8 Å². The highest BCUT2D eigenvalue weighted by Crippen LogP contribution is 2.20. The van der Waals surface area contributed by atoms with E-state index in [1.165, 1.54) is 6.07 Å². The molecule has 0 radical (unpaired) electrons. The Bertz CT molecular complexity index is 1190. The summed E-state index contributed by atoms with van der Waals surface area (Å²) in [5, 5.41) is 8.60. The second-order valence-electron chi connectivity index (χ2n) is 6.62. The molecule has 31 heavy (non-hydrogen) atoms. The van der Waals surface area contributed by atoms with Crippen molar-refractivity contribution in [2.24, 2.45) is 0 Å². The van der Waals surface area contributed by atoms with Crippen LogP contribution >= 0.6 is 15.9 Å². The molecule has 0 atom stereocenters. The zero-order chi connectivity index (χ0) is 22.4. The summed E-state index contributed by atoms with van der Waals surface area (Å²) in [5.41, 5.74) is 0.342. The number of halogens is 1. The van der Waals surface area contributed by atoms with Crippen LogP contribution in [0.15, 0.2) is 62.2 Å². The molecule has 0 spiro atoms. The van der Waals surface area contributed by atoms with E-state index >= 15 is 0 Å². The van der Waals surface area contributed by atoms with Gasteiger partial charge in [0.15, 0.2) is 0 Å². The molecule has 9 heteroatoms. The first-order valence-corrected chi connectivity index (χ1v) is 10.4. The van der Waals surface area contributed by atoms with Crippen LogP contribution in [0, 0.1) is 0 Å². The summed E-state index contributed by atoms with van der Waals surface area (Å²) in [4.78, 5) is 48.0. The third-order valence-corrected chi connectivity index (χ3v) is 4.89. The van der Waals surface area contributed by atoms with Gasteiger partial charge in [0, 0.05) is 40.6 Å². The molecule has 0 saturated heterocycles. The first-order chi connectivity index (χ1) is 14.9. The maximum absolute atomic E-state index is 12.5. The monoisotopic (exact) mass is 485 g/mol. The molecule has 0 aliphatic heterocycles. The van der Waals surface area contributed by atoms with Crippen molar-refractivity contribution in [2.45, 2.75) is 13.3 Å². The number of carbonyl (C=O) groups excluding carboxylic acids is 3. The van der Waals surface area contributed by atoms with Gasteiger partial charge in [-0.25, -0.2) is 4.79 Å². The van der Waals surface area contributed by atoms with E-state index in [-0.39, 0.29) is 17.4 Å². The molecule has 0 aliphatic rings. The first-order valence-electron chi connectivity index (χ1n) is 9.57. The lowest BCUT2D eigenvalue weighted by molar-refractivity contribution is -0.120. The third kappa shape index (κ3) is 5.79. The van der Waals surface area contributed by atoms with E-state index in [2.05, 4.69) is 31.9 Å². The average Bonchev–Trinajstić information content (AvgIpc) is 2.76. The molecule has 0 bridgehead atoms. The number of hydrogen-bond acceptors (Lipinski definition) is 5. The molecule has 3 rings (SSSR count). The van der Waals surface area contributed by atoms with E-state index < -0.39 is 11.5 Å². The number of hydrogen-bond donors (Lipinski definition) is 3. The molecule has 0 saturated carbocycles. The number of rotatable bonds is 7. The van der Waals surface area contributed by atoms with Crippen LogP contribution in [0.1, 0.15) is 34.1 Å². The van der Waals surface area contributed by atoms with Gasteiger partial charge in [0.05, 0.1) is 0 Å². The van der Waals surface area contributed by atoms with Crippen LogP contribution in [0.5, 0.6) is 0 Å². The number of carbonyl (C=O) groups is 3. The Labute approximate surface area is 186 Å². The van der Waals surface area contributed by atoms with Gasteiger partial charge in [-0.3, -0.25) is 14.4 Å². The van der Waals surface area contributed by atoms with E-state index in [0.717, 1.165) is 4.47 Å². The van der Waals surface area contributed by atoms with Crippen LogP contribution in [0.2, 0.25) is 0 Å². The summed E-state index contributed by atoms with van der Waals surface area (Å²) in [5.74, 6) is -0.994.